The minimum absolute atomic E-state index is 0.00541. The molecule has 0 aliphatic heterocycles. The van der Waals surface area contributed by atoms with Gasteiger partial charge in [0.25, 0.3) is 0 Å². The third-order valence-corrected chi connectivity index (χ3v) is 5.37. The molecule has 32 heavy (non-hydrogen) atoms. The smallest absolute Gasteiger partial charge is 0.188 e. The van der Waals surface area contributed by atoms with E-state index in [2.05, 4.69) is 32.1 Å². The summed E-state index contributed by atoms with van der Waals surface area (Å²) in [5.74, 6) is 0. The summed E-state index contributed by atoms with van der Waals surface area (Å²) in [5.41, 5.74) is 1.17. The molecule has 4 heteroatoms. The predicted molar refractivity (Wildman–Crippen MR) is 133 cm³/mol. The fourth-order valence-corrected chi connectivity index (χ4v) is 3.35. The fraction of sp³-hybridized carbons (Fsp3) is 0.714. The van der Waals surface area contributed by atoms with Crippen molar-refractivity contribution in [2.75, 3.05) is 20.0 Å². The second-order valence-corrected chi connectivity index (χ2v) is 8.42. The highest BCUT2D eigenvalue weighted by molar-refractivity contribution is 5.13. The lowest BCUT2D eigenvalue weighted by Crippen LogP contribution is -2.18. The molecule has 0 fully saturated rings. The normalized spacial score (nSPS) is 11.6. The lowest BCUT2D eigenvalue weighted by Gasteiger charge is -2.18. The van der Waals surface area contributed by atoms with E-state index in [-0.39, 0.29) is 6.29 Å². The molecule has 0 saturated heterocycles. The highest BCUT2D eigenvalue weighted by Gasteiger charge is 2.08. The molecule has 0 bridgehead atoms. The van der Waals surface area contributed by atoms with Gasteiger partial charge in [-0.2, -0.15) is 0 Å². The van der Waals surface area contributed by atoms with Gasteiger partial charge in [0.2, 0.25) is 0 Å². The van der Waals surface area contributed by atoms with Crippen LogP contribution in [0.1, 0.15) is 103 Å². The van der Waals surface area contributed by atoms with Crippen LogP contribution < -0.4 is 0 Å². The standard InChI is InChI=1S/C28H48O4/c1-3-5-23-31-28(32-24-6-4-2)21-17-12-10-8-7-9-11-13-18-22-29-26-30-25-27-19-15-14-16-20-27/h14-16,18-20,22,28H,3-13,17,21,23-26H2,1-2H3. The van der Waals surface area contributed by atoms with E-state index >= 15 is 0 Å². The van der Waals surface area contributed by atoms with Crippen molar-refractivity contribution in [1.29, 1.82) is 0 Å². The predicted octanol–water partition coefficient (Wildman–Crippen LogP) is 8.16. The Hall–Kier alpha value is -1.36. The first-order chi connectivity index (χ1) is 15.9. The number of ether oxygens (including phenoxy) is 4. The summed E-state index contributed by atoms with van der Waals surface area (Å²) in [7, 11) is 0. The van der Waals surface area contributed by atoms with E-state index in [4.69, 9.17) is 18.9 Å². The van der Waals surface area contributed by atoms with Crippen LogP contribution in [0.25, 0.3) is 0 Å². The summed E-state index contributed by atoms with van der Waals surface area (Å²) in [6.07, 6.45) is 19.5. The van der Waals surface area contributed by atoms with Gasteiger partial charge in [-0.25, -0.2) is 0 Å². The fourth-order valence-electron chi connectivity index (χ4n) is 3.35. The van der Waals surface area contributed by atoms with Gasteiger partial charge in [0.05, 0.1) is 12.9 Å². The first kappa shape index (κ1) is 28.7. The average Bonchev–Trinajstić information content (AvgIpc) is 2.82. The monoisotopic (exact) mass is 448 g/mol. The van der Waals surface area contributed by atoms with Crippen LogP contribution in [0.5, 0.6) is 0 Å². The van der Waals surface area contributed by atoms with E-state index in [1.165, 1.54) is 63.4 Å². The van der Waals surface area contributed by atoms with Crippen molar-refractivity contribution in [3.8, 4) is 0 Å². The van der Waals surface area contributed by atoms with Crippen LogP contribution in [0, 0.1) is 0 Å². The summed E-state index contributed by atoms with van der Waals surface area (Å²) in [6, 6.07) is 10.2. The molecule has 0 spiro atoms. The third kappa shape index (κ3) is 18.2. The summed E-state index contributed by atoms with van der Waals surface area (Å²) in [4.78, 5) is 0. The molecular formula is C28H48O4. The van der Waals surface area contributed by atoms with Crippen molar-refractivity contribution >= 4 is 0 Å². The van der Waals surface area contributed by atoms with E-state index < -0.39 is 0 Å². The molecule has 0 N–H and O–H groups in total. The minimum Gasteiger partial charge on any atom is -0.475 e. The number of hydrogen-bond acceptors (Lipinski definition) is 4. The molecule has 0 aliphatic carbocycles. The van der Waals surface area contributed by atoms with E-state index in [1.54, 1.807) is 6.26 Å². The molecule has 0 atom stereocenters. The SMILES string of the molecule is CCCCOC(CCCCCCCCCC=COCOCc1ccccc1)OCCCC. The van der Waals surface area contributed by atoms with Crippen molar-refractivity contribution in [3.63, 3.8) is 0 Å². The average molecular weight is 449 g/mol. The Morgan fingerprint density at radius 2 is 1.38 bits per heavy atom. The van der Waals surface area contributed by atoms with Gasteiger partial charge in [-0.1, -0.05) is 89.1 Å². The zero-order valence-electron chi connectivity index (χ0n) is 20.8. The molecule has 1 aromatic carbocycles. The topological polar surface area (TPSA) is 36.9 Å². The molecule has 0 saturated carbocycles. The maximum absolute atomic E-state index is 5.92. The van der Waals surface area contributed by atoms with Crippen LogP contribution in [0.4, 0.5) is 0 Å². The summed E-state index contributed by atoms with van der Waals surface area (Å²) in [6.45, 7) is 6.95. The van der Waals surface area contributed by atoms with Gasteiger partial charge in [-0.3, -0.25) is 0 Å². The van der Waals surface area contributed by atoms with Gasteiger partial charge in [-0.05, 0) is 50.2 Å². The van der Waals surface area contributed by atoms with E-state index in [0.717, 1.165) is 38.9 Å². The molecule has 0 amide bonds. The highest BCUT2D eigenvalue weighted by Crippen LogP contribution is 2.14. The third-order valence-electron chi connectivity index (χ3n) is 5.37. The van der Waals surface area contributed by atoms with Crippen LogP contribution in [0.2, 0.25) is 0 Å². The van der Waals surface area contributed by atoms with Crippen molar-refractivity contribution in [2.45, 2.75) is 110 Å². The second-order valence-electron chi connectivity index (χ2n) is 8.42. The lowest BCUT2D eigenvalue weighted by molar-refractivity contribution is -0.147. The van der Waals surface area contributed by atoms with E-state index in [0.29, 0.717) is 13.4 Å². The molecule has 0 radical (unpaired) electrons. The van der Waals surface area contributed by atoms with Crippen LogP contribution in [-0.4, -0.2) is 26.3 Å². The number of benzene rings is 1. The molecule has 0 heterocycles. The van der Waals surface area contributed by atoms with Gasteiger partial charge in [-0.15, -0.1) is 0 Å². The highest BCUT2D eigenvalue weighted by atomic mass is 16.7. The van der Waals surface area contributed by atoms with Gasteiger partial charge < -0.3 is 18.9 Å². The maximum Gasteiger partial charge on any atom is 0.188 e. The maximum atomic E-state index is 5.92. The van der Waals surface area contributed by atoms with Crippen LogP contribution in [-0.2, 0) is 25.6 Å². The van der Waals surface area contributed by atoms with Crippen molar-refractivity contribution in [2.24, 2.45) is 0 Å². The summed E-state index contributed by atoms with van der Waals surface area (Å²) >= 11 is 0. The Morgan fingerprint density at radius 1 is 0.750 bits per heavy atom. The van der Waals surface area contributed by atoms with E-state index in [1.807, 2.05) is 18.2 Å². The quantitative estimate of drug-likeness (QED) is 0.0961. The molecule has 0 aromatic heterocycles. The molecular weight excluding hydrogens is 400 g/mol. The minimum atomic E-state index is 0.00541. The van der Waals surface area contributed by atoms with Crippen molar-refractivity contribution in [1.82, 2.24) is 0 Å². The van der Waals surface area contributed by atoms with Gasteiger partial charge >= 0.3 is 0 Å². The van der Waals surface area contributed by atoms with Gasteiger partial charge in [0.15, 0.2) is 13.1 Å². The summed E-state index contributed by atoms with van der Waals surface area (Å²) < 4.78 is 22.7. The Balaban J connectivity index is 1.87. The zero-order valence-corrected chi connectivity index (χ0v) is 20.8. The molecule has 1 rings (SSSR count). The number of rotatable bonds is 23. The number of allylic oxidation sites excluding steroid dienone is 1. The molecule has 0 unspecified atom stereocenters. The van der Waals surface area contributed by atoms with Crippen LogP contribution in [0.3, 0.4) is 0 Å². The second kappa shape index (κ2) is 22.8. The molecule has 1 aromatic rings. The Labute approximate surface area is 197 Å². The number of unbranched alkanes of at least 4 members (excludes halogenated alkanes) is 9. The lowest BCUT2D eigenvalue weighted by atomic mass is 10.1. The summed E-state index contributed by atoms with van der Waals surface area (Å²) in [5, 5.41) is 0. The molecule has 0 aliphatic rings. The molecule has 4 nitrogen and oxygen atoms in total. The first-order valence-corrected chi connectivity index (χ1v) is 13.0. The molecule has 184 valence electrons. The first-order valence-electron chi connectivity index (χ1n) is 13.0. The largest absolute Gasteiger partial charge is 0.475 e. The van der Waals surface area contributed by atoms with Crippen LogP contribution in [0.15, 0.2) is 42.7 Å². The zero-order chi connectivity index (χ0) is 23.0. The number of hydrogen-bond donors (Lipinski definition) is 0. The van der Waals surface area contributed by atoms with Crippen molar-refractivity contribution < 1.29 is 18.9 Å². The van der Waals surface area contributed by atoms with Crippen molar-refractivity contribution in [3.05, 3.63) is 48.2 Å². The van der Waals surface area contributed by atoms with E-state index in [9.17, 15) is 0 Å². The van der Waals surface area contributed by atoms with Gasteiger partial charge in [0, 0.05) is 13.2 Å². The Morgan fingerprint density at radius 3 is 2.03 bits per heavy atom. The Kier molecular flexibility index (Phi) is 20.4. The Bertz CT molecular complexity index is 507. The van der Waals surface area contributed by atoms with Crippen LogP contribution >= 0.6 is 0 Å². The van der Waals surface area contributed by atoms with Gasteiger partial charge in [0.1, 0.15) is 0 Å².